The molecule has 3 aliphatic rings. The largest absolute Gasteiger partial charge is 0.465 e. The van der Waals surface area contributed by atoms with Crippen LogP contribution in [0.3, 0.4) is 0 Å². The van der Waals surface area contributed by atoms with Crippen LogP contribution in [0, 0.1) is 11.8 Å². The van der Waals surface area contributed by atoms with Gasteiger partial charge in [-0.1, -0.05) is 109 Å². The van der Waals surface area contributed by atoms with Gasteiger partial charge in [0.1, 0.15) is 23.7 Å². The van der Waals surface area contributed by atoms with Gasteiger partial charge in [0, 0.05) is 49.3 Å². The molecule has 3 aromatic carbocycles. The van der Waals surface area contributed by atoms with E-state index < -0.39 is 24.3 Å². The molecule has 366 valence electrons. The molecule has 3 saturated heterocycles. The van der Waals surface area contributed by atoms with Crippen LogP contribution in [0.4, 0.5) is 15.3 Å². The number of aromatic nitrogens is 4. The first-order valence-corrected chi connectivity index (χ1v) is 24.6. The molecule has 15 nitrogen and oxygen atoms in total. The summed E-state index contributed by atoms with van der Waals surface area (Å²) in [6.07, 6.45) is 7.19. The minimum absolute atomic E-state index is 0.0230. The van der Waals surface area contributed by atoms with Gasteiger partial charge in [0.15, 0.2) is 0 Å². The number of hydrogen-bond donors (Lipinski definition) is 4. The Morgan fingerprint density at radius 2 is 1.17 bits per heavy atom. The number of rotatable bonds is 13. The van der Waals surface area contributed by atoms with Crippen LogP contribution in [0.5, 0.6) is 0 Å². The zero-order chi connectivity index (χ0) is 49.3. The molecule has 0 aliphatic carbocycles. The van der Waals surface area contributed by atoms with E-state index in [1.165, 1.54) is 36.5 Å². The molecule has 2 aromatic heterocycles. The fourth-order valence-electron chi connectivity index (χ4n) is 10.7. The molecule has 0 saturated carbocycles. The third kappa shape index (κ3) is 10.1. The van der Waals surface area contributed by atoms with Gasteiger partial charge in [-0.2, -0.15) is 0 Å². The summed E-state index contributed by atoms with van der Waals surface area (Å²) in [7, 11) is 2.76. The smallest absolute Gasteiger partial charge is 0.407 e. The highest BCUT2D eigenvalue weighted by molar-refractivity contribution is 5.87. The fraction of sp³-hybridized carbons (Fsp3) is 0.481. The number of ether oxygens (including phenoxy) is 1. The number of aromatic amines is 2. The number of nitrogens with zero attached hydrogens (tertiary/aromatic N) is 6. The van der Waals surface area contributed by atoms with Gasteiger partial charge in [-0.05, 0) is 84.6 Å². The van der Waals surface area contributed by atoms with E-state index in [1.807, 2.05) is 45.0 Å². The van der Waals surface area contributed by atoms with Gasteiger partial charge in [0.2, 0.25) is 11.8 Å². The fourth-order valence-corrected chi connectivity index (χ4v) is 10.7. The number of H-pyrrole nitrogens is 2. The predicted octanol–water partition coefficient (Wildman–Crippen LogP) is 10.2. The lowest BCUT2D eigenvalue weighted by molar-refractivity contribution is -0.138. The maximum absolute atomic E-state index is 13.8. The summed E-state index contributed by atoms with van der Waals surface area (Å²) < 4.78 is 4.81. The molecule has 0 spiro atoms. The third-order valence-electron chi connectivity index (χ3n) is 14.5. The van der Waals surface area contributed by atoms with Crippen molar-refractivity contribution >= 4 is 29.7 Å². The van der Waals surface area contributed by atoms with Gasteiger partial charge in [-0.15, -0.1) is 0 Å². The van der Waals surface area contributed by atoms with Crippen LogP contribution in [0.15, 0.2) is 85.2 Å². The Kier molecular flexibility index (Phi) is 14.2. The number of likely N-dealkylation sites (N-methyl/N-ethyl adjacent to an activating group) is 1. The van der Waals surface area contributed by atoms with Gasteiger partial charge in [0.25, 0.3) is 0 Å². The van der Waals surface area contributed by atoms with Crippen molar-refractivity contribution in [1.29, 1.82) is 0 Å². The van der Waals surface area contributed by atoms with Gasteiger partial charge in [-0.3, -0.25) is 14.5 Å². The van der Waals surface area contributed by atoms with E-state index in [9.17, 15) is 24.3 Å². The molecule has 5 aromatic rings. The lowest BCUT2D eigenvalue weighted by Gasteiger charge is -2.34. The number of alkyl carbamates (subject to hydrolysis) is 1. The van der Waals surface area contributed by atoms with Crippen LogP contribution in [0.2, 0.25) is 0 Å². The monoisotopic (exact) mass is 940 g/mol. The van der Waals surface area contributed by atoms with Crippen LogP contribution in [-0.4, -0.2) is 103 Å². The summed E-state index contributed by atoms with van der Waals surface area (Å²) in [5.41, 5.74) is 8.46. The molecule has 4 N–H and O–H groups in total. The molecule has 3 fully saturated rings. The number of nitrogens with one attached hydrogen (secondary N) is 3. The Morgan fingerprint density at radius 1 is 0.696 bits per heavy atom. The molecule has 15 heteroatoms. The van der Waals surface area contributed by atoms with E-state index in [2.05, 4.69) is 114 Å². The topological polar surface area (TPSA) is 180 Å². The molecule has 0 bridgehead atoms. The summed E-state index contributed by atoms with van der Waals surface area (Å²) in [6.45, 7) is 15.4. The minimum atomic E-state index is -1.12. The van der Waals surface area contributed by atoms with Crippen molar-refractivity contribution in [2.24, 2.45) is 11.8 Å². The van der Waals surface area contributed by atoms with Crippen molar-refractivity contribution < 1.29 is 29.0 Å². The number of carbonyl (C=O) groups is 4. The number of likely N-dealkylation sites (tertiary alicyclic amines) is 2. The molecule has 5 heterocycles. The molecule has 6 atom stereocenters. The average molecular weight is 940 g/mol. The predicted molar refractivity (Wildman–Crippen MR) is 266 cm³/mol. The molecular weight excluding hydrogens is 871 g/mol. The van der Waals surface area contributed by atoms with Crippen molar-refractivity contribution in [2.75, 3.05) is 32.1 Å². The highest BCUT2D eigenvalue weighted by Crippen LogP contribution is 2.48. The summed E-state index contributed by atoms with van der Waals surface area (Å²) >= 11 is 0. The Balaban J connectivity index is 1.01. The first-order chi connectivity index (χ1) is 32.9. The maximum atomic E-state index is 13.8. The number of methoxy groups -OCH3 is 1. The molecule has 0 unspecified atom stereocenters. The van der Waals surface area contributed by atoms with E-state index >= 15 is 0 Å². The number of benzene rings is 3. The zero-order valence-electron chi connectivity index (χ0n) is 41.5. The molecule has 3 aliphatic heterocycles. The second kappa shape index (κ2) is 20.1. The Bertz CT molecular complexity index is 2600. The Morgan fingerprint density at radius 3 is 1.59 bits per heavy atom. The highest BCUT2D eigenvalue weighted by atomic mass is 16.5. The molecule has 0 radical (unpaired) electrons. The van der Waals surface area contributed by atoms with Crippen molar-refractivity contribution in [3.8, 4) is 22.5 Å². The summed E-state index contributed by atoms with van der Waals surface area (Å²) in [5.74, 6) is 0.825. The third-order valence-corrected chi connectivity index (χ3v) is 14.5. The number of carboxylic acid groups (broad SMARTS) is 1. The minimum Gasteiger partial charge on any atom is -0.465 e. The Labute approximate surface area is 406 Å². The number of carbonyl (C=O) groups excluding carboxylic acids is 3. The van der Waals surface area contributed by atoms with Crippen LogP contribution < -0.4 is 10.2 Å². The van der Waals surface area contributed by atoms with Crippen LogP contribution in [-0.2, 0) is 19.7 Å². The van der Waals surface area contributed by atoms with Crippen LogP contribution in [0.1, 0.15) is 139 Å². The average Bonchev–Trinajstić information content (AvgIpc) is 4.20. The molecule has 8 rings (SSSR count). The summed E-state index contributed by atoms with van der Waals surface area (Å²) in [6, 6.07) is 24.7. The van der Waals surface area contributed by atoms with Crippen molar-refractivity contribution in [1.82, 2.24) is 40.0 Å². The standard InChI is InChI=1S/C54H69N9O6/c1-32(2)46(59-52(66)69-9)50(64)61-28-10-12-44(61)48-55-30-40(57-48)34-14-18-36(19-15-34)42-26-27-43(63(42)39-24-22-38(23-25-39)54(5,6)7)37-20-16-35(17-21-37)41-31-56-49(58-41)45-13-11-29-62(45)51(65)47(33(3)4)60(8)53(67)68/h14-25,30-33,42-47H,10-13,26-29H2,1-9H3,(H,55,57)(H,56,58)(H,59,66)(H,67,68)/t42-,43+,44-,45-,46-,47-/m0/s1. The van der Waals surface area contributed by atoms with Crippen molar-refractivity contribution in [2.45, 2.75) is 129 Å². The SMILES string of the molecule is COC(=O)N[C@H](C(=O)N1CCC[C@H]1c1nc(-c2ccc([C@@H]3CC[C@H](c4ccc(-c5c[nH]c([C@@H]6CCCN6C(=O)[C@H](C(C)C)N(C)C(=O)O)n5)cc4)N3c3ccc(C(C)(C)C)cc3)cc2)c[nH]1)C(C)C. The normalized spacial score (nSPS) is 20.4. The van der Waals surface area contributed by atoms with Crippen LogP contribution in [0.25, 0.3) is 22.5 Å². The van der Waals surface area contributed by atoms with Crippen molar-refractivity contribution in [3.63, 3.8) is 0 Å². The van der Waals surface area contributed by atoms with Crippen molar-refractivity contribution in [3.05, 3.63) is 114 Å². The number of anilines is 1. The number of amides is 4. The van der Waals surface area contributed by atoms with E-state index in [0.29, 0.717) is 18.9 Å². The summed E-state index contributed by atoms with van der Waals surface area (Å²) in [4.78, 5) is 75.6. The number of imidazole rings is 2. The van der Waals surface area contributed by atoms with E-state index in [4.69, 9.17) is 14.7 Å². The lowest BCUT2D eigenvalue weighted by atomic mass is 9.87. The van der Waals surface area contributed by atoms with E-state index in [0.717, 1.165) is 71.8 Å². The first-order valence-electron chi connectivity index (χ1n) is 24.6. The quantitative estimate of drug-likeness (QED) is 0.0894. The van der Waals surface area contributed by atoms with Gasteiger partial charge >= 0.3 is 12.2 Å². The number of hydrogen-bond acceptors (Lipinski definition) is 8. The van der Waals surface area contributed by atoms with E-state index in [-0.39, 0.29) is 53.2 Å². The van der Waals surface area contributed by atoms with E-state index in [1.54, 1.807) is 4.90 Å². The van der Waals surface area contributed by atoms with Gasteiger partial charge in [-0.25, -0.2) is 19.6 Å². The van der Waals surface area contributed by atoms with Gasteiger partial charge in [0.05, 0.1) is 42.7 Å². The van der Waals surface area contributed by atoms with Crippen LogP contribution >= 0.6 is 0 Å². The lowest BCUT2D eigenvalue weighted by Crippen LogP contribution is -2.51. The summed E-state index contributed by atoms with van der Waals surface area (Å²) in [5, 5.41) is 12.4. The Hall–Kier alpha value is -6.64. The zero-order valence-corrected chi connectivity index (χ0v) is 41.5. The van der Waals surface area contributed by atoms with Gasteiger partial charge < -0.3 is 39.8 Å². The second-order valence-corrected chi connectivity index (χ2v) is 20.7. The highest BCUT2D eigenvalue weighted by Gasteiger charge is 2.41. The first kappa shape index (κ1) is 48.8. The maximum Gasteiger partial charge on any atom is 0.407 e. The second-order valence-electron chi connectivity index (χ2n) is 20.7. The molecule has 69 heavy (non-hydrogen) atoms. The molecule has 4 amide bonds. The molecular formula is C54H69N9O6.